The summed E-state index contributed by atoms with van der Waals surface area (Å²) in [6, 6.07) is 9.43. The molecule has 26 heavy (non-hydrogen) atoms. The maximum absolute atomic E-state index is 12.9. The highest BCUT2D eigenvalue weighted by Gasteiger charge is 2.26. The van der Waals surface area contributed by atoms with Crippen molar-refractivity contribution < 1.29 is 9.72 Å². The molecule has 5 nitrogen and oxygen atoms in total. The van der Waals surface area contributed by atoms with Crippen LogP contribution in [0.1, 0.15) is 25.6 Å². The SMILES string of the molecule is CC(C)(C)C(=O)n1cc(-c2cc([N+](=O)[O-])ccc2Cl)c2cc(Cl)ccc21. The summed E-state index contributed by atoms with van der Waals surface area (Å²) in [5.74, 6) is -0.0994. The fraction of sp³-hybridized carbons (Fsp3) is 0.211. The molecule has 0 aliphatic carbocycles. The summed E-state index contributed by atoms with van der Waals surface area (Å²) in [5.41, 5.74) is 1.10. The number of hydrogen-bond donors (Lipinski definition) is 0. The lowest BCUT2D eigenvalue weighted by Crippen LogP contribution is -2.25. The molecule has 0 fully saturated rings. The Morgan fingerprint density at radius 2 is 1.77 bits per heavy atom. The minimum absolute atomic E-state index is 0.0746. The standard InChI is InChI=1S/C19H16Cl2N2O3/c1-19(2,3)18(24)22-10-15(14-8-11(20)4-7-17(14)22)13-9-12(23(25)26)5-6-16(13)21/h4-10H,1-3H3. The highest BCUT2D eigenvalue weighted by molar-refractivity contribution is 6.34. The van der Waals surface area contributed by atoms with Gasteiger partial charge in [0.05, 0.1) is 10.4 Å². The fourth-order valence-corrected chi connectivity index (χ4v) is 3.17. The molecule has 1 aromatic heterocycles. The molecule has 0 spiro atoms. The molecule has 2 aromatic carbocycles. The second-order valence-electron chi connectivity index (χ2n) is 7.05. The average Bonchev–Trinajstić information content (AvgIpc) is 2.91. The van der Waals surface area contributed by atoms with Gasteiger partial charge in [-0.1, -0.05) is 44.0 Å². The highest BCUT2D eigenvalue weighted by atomic mass is 35.5. The van der Waals surface area contributed by atoms with Gasteiger partial charge < -0.3 is 0 Å². The third-order valence-corrected chi connectivity index (χ3v) is 4.64. The van der Waals surface area contributed by atoms with E-state index in [0.717, 1.165) is 0 Å². The summed E-state index contributed by atoms with van der Waals surface area (Å²) >= 11 is 12.4. The predicted octanol–water partition coefficient (Wildman–Crippen LogP) is 6.21. The zero-order valence-corrected chi connectivity index (χ0v) is 15.9. The molecule has 0 saturated heterocycles. The normalized spacial score (nSPS) is 11.7. The number of non-ortho nitro benzene ring substituents is 1. The number of nitrogens with zero attached hydrogens (tertiary/aromatic N) is 2. The average molecular weight is 391 g/mol. The van der Waals surface area contributed by atoms with Crippen LogP contribution in [0.15, 0.2) is 42.6 Å². The lowest BCUT2D eigenvalue weighted by Gasteiger charge is -2.17. The van der Waals surface area contributed by atoms with E-state index in [9.17, 15) is 14.9 Å². The predicted molar refractivity (Wildman–Crippen MR) is 104 cm³/mol. The van der Waals surface area contributed by atoms with Crippen LogP contribution < -0.4 is 0 Å². The Morgan fingerprint density at radius 1 is 1.08 bits per heavy atom. The highest BCUT2D eigenvalue weighted by Crippen LogP contribution is 2.38. The van der Waals surface area contributed by atoms with Crippen molar-refractivity contribution in [2.45, 2.75) is 20.8 Å². The molecule has 0 unspecified atom stereocenters. The monoisotopic (exact) mass is 390 g/mol. The number of carbonyl (C=O) groups is 1. The van der Waals surface area contributed by atoms with E-state index in [0.29, 0.717) is 32.1 Å². The summed E-state index contributed by atoms with van der Waals surface area (Å²) in [4.78, 5) is 23.5. The van der Waals surface area contributed by atoms with E-state index in [1.807, 2.05) is 20.8 Å². The van der Waals surface area contributed by atoms with E-state index in [1.54, 1.807) is 29.0 Å². The molecule has 0 bridgehead atoms. The van der Waals surface area contributed by atoms with E-state index in [2.05, 4.69) is 0 Å². The first kappa shape index (κ1) is 18.4. The van der Waals surface area contributed by atoms with Gasteiger partial charge in [0.1, 0.15) is 0 Å². The molecule has 0 N–H and O–H groups in total. The van der Waals surface area contributed by atoms with Gasteiger partial charge in [0.15, 0.2) is 0 Å². The van der Waals surface area contributed by atoms with Crippen molar-refractivity contribution in [1.82, 2.24) is 4.57 Å². The Labute approximate surface area is 160 Å². The van der Waals surface area contributed by atoms with Crippen molar-refractivity contribution in [3.05, 3.63) is 62.8 Å². The number of nitro groups is 1. The summed E-state index contributed by atoms with van der Waals surface area (Å²) in [7, 11) is 0. The lowest BCUT2D eigenvalue weighted by molar-refractivity contribution is -0.384. The zero-order chi connectivity index (χ0) is 19.2. The van der Waals surface area contributed by atoms with Crippen LogP contribution in [0.3, 0.4) is 0 Å². The van der Waals surface area contributed by atoms with Gasteiger partial charge in [0.25, 0.3) is 5.69 Å². The van der Waals surface area contributed by atoms with Crippen LogP contribution in [0.25, 0.3) is 22.0 Å². The first-order chi connectivity index (χ1) is 12.1. The maximum Gasteiger partial charge on any atom is 0.270 e. The number of rotatable bonds is 2. The molecule has 0 aliphatic heterocycles. The molecule has 134 valence electrons. The topological polar surface area (TPSA) is 65.1 Å². The molecule has 0 aliphatic rings. The fourth-order valence-electron chi connectivity index (χ4n) is 2.78. The van der Waals surface area contributed by atoms with Gasteiger partial charge in [-0.05, 0) is 24.3 Å². The quantitative estimate of drug-likeness (QED) is 0.385. The second-order valence-corrected chi connectivity index (χ2v) is 7.89. The van der Waals surface area contributed by atoms with Gasteiger partial charge in [0.2, 0.25) is 5.91 Å². The largest absolute Gasteiger partial charge is 0.286 e. The van der Waals surface area contributed by atoms with Crippen LogP contribution in [-0.4, -0.2) is 15.4 Å². The molecular formula is C19H16Cl2N2O3. The Morgan fingerprint density at radius 3 is 2.38 bits per heavy atom. The number of halogens is 2. The Balaban J connectivity index is 2.34. The minimum atomic E-state index is -0.602. The van der Waals surface area contributed by atoms with E-state index < -0.39 is 10.3 Å². The number of fused-ring (bicyclic) bond motifs is 1. The van der Waals surface area contributed by atoms with Crippen LogP contribution >= 0.6 is 23.2 Å². The van der Waals surface area contributed by atoms with E-state index in [1.165, 1.54) is 18.2 Å². The number of hydrogen-bond acceptors (Lipinski definition) is 3. The van der Waals surface area contributed by atoms with E-state index in [-0.39, 0.29) is 11.6 Å². The van der Waals surface area contributed by atoms with Crippen molar-refractivity contribution in [3.8, 4) is 11.1 Å². The maximum atomic E-state index is 12.9. The number of carbonyl (C=O) groups excluding carboxylic acids is 1. The molecule has 0 amide bonds. The number of benzene rings is 2. The molecule has 1 heterocycles. The summed E-state index contributed by atoms with van der Waals surface area (Å²) in [6.45, 7) is 5.49. The third kappa shape index (κ3) is 3.20. The smallest absolute Gasteiger partial charge is 0.270 e. The summed E-state index contributed by atoms with van der Waals surface area (Å²) < 4.78 is 1.55. The van der Waals surface area contributed by atoms with Crippen molar-refractivity contribution in [2.24, 2.45) is 5.41 Å². The number of nitro benzene ring substituents is 1. The minimum Gasteiger partial charge on any atom is -0.286 e. The molecule has 3 rings (SSSR count). The van der Waals surface area contributed by atoms with Gasteiger partial charge in [0, 0.05) is 50.3 Å². The van der Waals surface area contributed by atoms with Crippen molar-refractivity contribution >= 4 is 45.7 Å². The van der Waals surface area contributed by atoms with Gasteiger partial charge in [-0.2, -0.15) is 0 Å². The second kappa shape index (κ2) is 6.41. The number of aromatic nitrogens is 1. The molecular weight excluding hydrogens is 375 g/mol. The Bertz CT molecular complexity index is 1050. The molecule has 0 saturated carbocycles. The molecule has 3 aromatic rings. The van der Waals surface area contributed by atoms with Crippen LogP contribution in [0, 0.1) is 15.5 Å². The first-order valence-electron chi connectivity index (χ1n) is 7.89. The van der Waals surface area contributed by atoms with E-state index >= 15 is 0 Å². The summed E-state index contributed by atoms with van der Waals surface area (Å²) in [5, 5.41) is 12.7. The molecule has 0 radical (unpaired) electrons. The van der Waals surface area contributed by atoms with E-state index in [4.69, 9.17) is 23.2 Å². The molecule has 7 heteroatoms. The zero-order valence-electron chi connectivity index (χ0n) is 14.4. The van der Waals surface area contributed by atoms with Crippen LogP contribution in [0.5, 0.6) is 0 Å². The van der Waals surface area contributed by atoms with Gasteiger partial charge in [-0.25, -0.2) is 0 Å². The molecule has 0 atom stereocenters. The van der Waals surface area contributed by atoms with Gasteiger partial charge in [-0.15, -0.1) is 0 Å². The lowest BCUT2D eigenvalue weighted by atomic mass is 9.95. The Hall–Kier alpha value is -2.37. The first-order valence-corrected chi connectivity index (χ1v) is 8.65. The van der Waals surface area contributed by atoms with Crippen molar-refractivity contribution in [3.63, 3.8) is 0 Å². The van der Waals surface area contributed by atoms with Crippen molar-refractivity contribution in [2.75, 3.05) is 0 Å². The summed E-state index contributed by atoms with van der Waals surface area (Å²) in [6.07, 6.45) is 1.67. The van der Waals surface area contributed by atoms with Gasteiger partial charge in [-0.3, -0.25) is 19.5 Å². The Kier molecular flexibility index (Phi) is 4.54. The van der Waals surface area contributed by atoms with Crippen LogP contribution in [0.4, 0.5) is 5.69 Å². The van der Waals surface area contributed by atoms with Crippen LogP contribution in [-0.2, 0) is 0 Å². The van der Waals surface area contributed by atoms with Crippen molar-refractivity contribution in [1.29, 1.82) is 0 Å². The van der Waals surface area contributed by atoms with Gasteiger partial charge >= 0.3 is 0 Å². The van der Waals surface area contributed by atoms with Crippen LogP contribution in [0.2, 0.25) is 10.0 Å². The third-order valence-electron chi connectivity index (χ3n) is 4.08.